The fourth-order valence-corrected chi connectivity index (χ4v) is 3.41. The van der Waals surface area contributed by atoms with E-state index in [0.29, 0.717) is 6.54 Å². The minimum Gasteiger partial charge on any atom is -0.350 e. The Kier molecular flexibility index (Phi) is 7.41. The van der Waals surface area contributed by atoms with Gasteiger partial charge in [-0.05, 0) is 63.4 Å². The topological polar surface area (TPSA) is 49.4 Å². The van der Waals surface area contributed by atoms with Crippen LogP contribution in [0.4, 0.5) is 0 Å². The number of benzene rings is 2. The highest BCUT2D eigenvalue weighted by Gasteiger charge is 2.28. The molecule has 1 N–H and O–H groups in total. The quantitative estimate of drug-likeness (QED) is 0.705. The number of carbonyl (C=O) groups excluding carboxylic acids is 2. The number of carbonyl (C=O) groups is 2. The number of nitrogens with one attached hydrogen (secondary N) is 1. The molecule has 150 valence electrons. The largest absolute Gasteiger partial charge is 0.350 e. The zero-order chi connectivity index (χ0) is 20.9. The first-order valence-corrected chi connectivity index (χ1v) is 10.3. The van der Waals surface area contributed by atoms with E-state index in [1.54, 1.807) is 11.8 Å². The van der Waals surface area contributed by atoms with Crippen molar-refractivity contribution in [2.45, 2.75) is 59.2 Å². The lowest BCUT2D eigenvalue weighted by Crippen LogP contribution is -2.52. The van der Waals surface area contributed by atoms with Crippen molar-refractivity contribution >= 4 is 27.7 Å². The van der Waals surface area contributed by atoms with Gasteiger partial charge in [-0.25, -0.2) is 0 Å². The molecule has 28 heavy (non-hydrogen) atoms. The summed E-state index contributed by atoms with van der Waals surface area (Å²) in [5, 5.41) is 2.98. The van der Waals surface area contributed by atoms with E-state index in [2.05, 4.69) is 21.2 Å². The van der Waals surface area contributed by atoms with Gasteiger partial charge < -0.3 is 10.2 Å². The van der Waals surface area contributed by atoms with Gasteiger partial charge in [0, 0.05) is 16.6 Å². The maximum atomic E-state index is 13.2. The molecular weight excluding hydrogens is 416 g/mol. The summed E-state index contributed by atoms with van der Waals surface area (Å²) < 4.78 is 0.947. The van der Waals surface area contributed by atoms with Gasteiger partial charge in [-0.15, -0.1) is 0 Å². The van der Waals surface area contributed by atoms with Crippen LogP contribution in [0.15, 0.2) is 53.0 Å². The van der Waals surface area contributed by atoms with Gasteiger partial charge in [0.25, 0.3) is 0 Å². The molecule has 5 heteroatoms. The van der Waals surface area contributed by atoms with E-state index >= 15 is 0 Å². The molecule has 0 saturated carbocycles. The molecule has 0 aromatic heterocycles. The fourth-order valence-electron chi connectivity index (χ4n) is 2.96. The van der Waals surface area contributed by atoms with Crippen LogP contribution < -0.4 is 5.32 Å². The molecule has 0 aliphatic carbocycles. The van der Waals surface area contributed by atoms with Gasteiger partial charge in [0.15, 0.2) is 0 Å². The molecule has 0 heterocycles. The molecule has 2 aromatic rings. The maximum Gasteiger partial charge on any atom is 0.242 e. The second-order valence-corrected chi connectivity index (χ2v) is 9.09. The summed E-state index contributed by atoms with van der Waals surface area (Å²) in [6.07, 6.45) is 0.272. The molecule has 2 rings (SSSR count). The van der Waals surface area contributed by atoms with Crippen molar-refractivity contribution in [2.24, 2.45) is 0 Å². The molecule has 0 saturated heterocycles. The Bertz CT molecular complexity index is 842. The Labute approximate surface area is 176 Å². The second kappa shape index (κ2) is 9.37. The number of amides is 2. The van der Waals surface area contributed by atoms with E-state index in [1.807, 2.05) is 76.2 Å². The van der Waals surface area contributed by atoms with Gasteiger partial charge in [0.1, 0.15) is 6.04 Å². The summed E-state index contributed by atoms with van der Waals surface area (Å²) >= 11 is 3.48. The number of aryl methyl sites for hydroxylation is 1. The first-order chi connectivity index (χ1) is 13.1. The Morgan fingerprint density at radius 3 is 2.39 bits per heavy atom. The first-order valence-electron chi connectivity index (χ1n) is 9.47. The first kappa shape index (κ1) is 22.2. The molecule has 0 spiro atoms. The molecule has 0 aliphatic rings. The molecule has 0 radical (unpaired) electrons. The van der Waals surface area contributed by atoms with Crippen LogP contribution >= 0.6 is 15.9 Å². The highest BCUT2D eigenvalue weighted by atomic mass is 79.9. The predicted molar refractivity (Wildman–Crippen MR) is 117 cm³/mol. The van der Waals surface area contributed by atoms with Crippen LogP contribution in [-0.2, 0) is 22.6 Å². The zero-order valence-corrected chi connectivity index (χ0v) is 18.8. The van der Waals surface area contributed by atoms with Crippen LogP contribution in [0.3, 0.4) is 0 Å². The molecule has 2 aromatic carbocycles. The van der Waals surface area contributed by atoms with Gasteiger partial charge in [0.05, 0.1) is 6.42 Å². The monoisotopic (exact) mass is 444 g/mol. The van der Waals surface area contributed by atoms with Crippen LogP contribution in [0.5, 0.6) is 0 Å². The minimum atomic E-state index is -0.574. The summed E-state index contributed by atoms with van der Waals surface area (Å²) in [5.41, 5.74) is 2.68. The zero-order valence-electron chi connectivity index (χ0n) is 17.3. The van der Waals surface area contributed by atoms with Crippen LogP contribution in [0.1, 0.15) is 44.4 Å². The molecular formula is C23H29BrN2O2. The lowest BCUT2D eigenvalue weighted by molar-refractivity contribution is -0.140. The Morgan fingerprint density at radius 2 is 1.79 bits per heavy atom. The van der Waals surface area contributed by atoms with Crippen molar-refractivity contribution in [3.8, 4) is 0 Å². The standard InChI is InChI=1S/C23H29BrN2O2/c1-16-9-6-7-11-19(16)14-21(27)26(15-18-10-8-12-20(24)13-18)17(2)22(28)25-23(3,4)5/h6-13,17H,14-15H2,1-5H3,(H,25,28)/t17-/m0/s1. The maximum absolute atomic E-state index is 13.2. The molecule has 0 unspecified atom stereocenters. The Balaban J connectivity index is 2.27. The highest BCUT2D eigenvalue weighted by Crippen LogP contribution is 2.18. The summed E-state index contributed by atoms with van der Waals surface area (Å²) in [6.45, 7) is 9.97. The average molecular weight is 445 g/mol. The van der Waals surface area contributed by atoms with Crippen molar-refractivity contribution < 1.29 is 9.59 Å². The van der Waals surface area contributed by atoms with Crippen molar-refractivity contribution in [1.82, 2.24) is 10.2 Å². The van der Waals surface area contributed by atoms with Crippen molar-refractivity contribution in [2.75, 3.05) is 0 Å². The Morgan fingerprint density at radius 1 is 1.11 bits per heavy atom. The molecule has 2 amide bonds. The smallest absolute Gasteiger partial charge is 0.242 e. The molecule has 0 aliphatic heterocycles. The summed E-state index contributed by atoms with van der Waals surface area (Å²) in [4.78, 5) is 27.6. The van der Waals surface area contributed by atoms with Crippen LogP contribution in [0.2, 0.25) is 0 Å². The van der Waals surface area contributed by atoms with Crippen LogP contribution in [0, 0.1) is 6.92 Å². The normalized spacial score (nSPS) is 12.4. The molecule has 1 atom stereocenters. The Hall–Kier alpha value is -2.14. The van der Waals surface area contributed by atoms with E-state index < -0.39 is 6.04 Å². The number of hydrogen-bond acceptors (Lipinski definition) is 2. The third-order valence-corrected chi connectivity index (χ3v) is 5.00. The van der Waals surface area contributed by atoms with E-state index in [-0.39, 0.29) is 23.8 Å². The summed E-state index contributed by atoms with van der Waals surface area (Å²) in [5.74, 6) is -0.216. The highest BCUT2D eigenvalue weighted by molar-refractivity contribution is 9.10. The summed E-state index contributed by atoms with van der Waals surface area (Å²) in [7, 11) is 0. The second-order valence-electron chi connectivity index (χ2n) is 8.17. The van der Waals surface area contributed by atoms with Gasteiger partial charge in [-0.2, -0.15) is 0 Å². The predicted octanol–water partition coefficient (Wildman–Crippen LogP) is 4.63. The van der Waals surface area contributed by atoms with Crippen LogP contribution in [0.25, 0.3) is 0 Å². The van der Waals surface area contributed by atoms with Crippen molar-refractivity contribution in [3.63, 3.8) is 0 Å². The fraction of sp³-hybridized carbons (Fsp3) is 0.391. The van der Waals surface area contributed by atoms with E-state index in [9.17, 15) is 9.59 Å². The van der Waals surface area contributed by atoms with E-state index in [1.165, 1.54) is 0 Å². The number of nitrogens with zero attached hydrogens (tertiary/aromatic N) is 1. The third-order valence-electron chi connectivity index (χ3n) is 4.51. The van der Waals surface area contributed by atoms with Crippen LogP contribution in [-0.4, -0.2) is 28.3 Å². The van der Waals surface area contributed by atoms with E-state index in [4.69, 9.17) is 0 Å². The van der Waals surface area contributed by atoms with Gasteiger partial charge in [0.2, 0.25) is 11.8 Å². The molecule has 0 fully saturated rings. The lowest BCUT2D eigenvalue weighted by atomic mass is 10.0. The van der Waals surface area contributed by atoms with Gasteiger partial charge >= 0.3 is 0 Å². The number of rotatable bonds is 6. The SMILES string of the molecule is Cc1ccccc1CC(=O)N(Cc1cccc(Br)c1)[C@@H](C)C(=O)NC(C)(C)C. The third kappa shape index (κ3) is 6.48. The minimum absolute atomic E-state index is 0.0640. The molecule has 4 nitrogen and oxygen atoms in total. The molecule has 0 bridgehead atoms. The van der Waals surface area contributed by atoms with E-state index in [0.717, 1.165) is 21.2 Å². The lowest BCUT2D eigenvalue weighted by Gasteiger charge is -2.31. The average Bonchev–Trinajstić information content (AvgIpc) is 2.59. The number of hydrogen-bond donors (Lipinski definition) is 1. The number of halogens is 1. The summed E-state index contributed by atoms with van der Waals surface area (Å²) in [6, 6.07) is 15.1. The van der Waals surface area contributed by atoms with Gasteiger partial charge in [-0.1, -0.05) is 52.3 Å². The van der Waals surface area contributed by atoms with Crippen molar-refractivity contribution in [3.05, 3.63) is 69.7 Å². The van der Waals surface area contributed by atoms with Crippen molar-refractivity contribution in [1.29, 1.82) is 0 Å². The van der Waals surface area contributed by atoms with Gasteiger partial charge in [-0.3, -0.25) is 9.59 Å².